The molecule has 0 radical (unpaired) electrons. The number of piperidine rings is 1. The van der Waals surface area contributed by atoms with E-state index in [1.54, 1.807) is 0 Å². The standard InChI is InChI=1S/C20H34N2O/c1-18(2)11-16(12-19(3,4)22-18)21-17(23)20-8-13-5-14(9-20)7-15(6-13)10-20/h13-16,22H,5-12H2,1-4H3,(H,21,23)/p+1. The molecule has 3 heteroatoms. The summed E-state index contributed by atoms with van der Waals surface area (Å²) in [4.78, 5) is 13.3. The van der Waals surface area contributed by atoms with Gasteiger partial charge in [0.25, 0.3) is 0 Å². The quantitative estimate of drug-likeness (QED) is 0.807. The molecule has 4 bridgehead atoms. The zero-order valence-corrected chi connectivity index (χ0v) is 15.5. The molecule has 1 aliphatic heterocycles. The summed E-state index contributed by atoms with van der Waals surface area (Å²) in [5, 5.41) is 6.02. The third-order valence-electron chi connectivity index (χ3n) is 7.18. The van der Waals surface area contributed by atoms with Gasteiger partial charge in [0.15, 0.2) is 0 Å². The van der Waals surface area contributed by atoms with Gasteiger partial charge in [-0.25, -0.2) is 0 Å². The SMILES string of the molecule is CC1(C)CC(NC(=O)C23CC4CC(CC(C4)C2)C3)CC(C)(C)[NH2+]1. The normalized spacial score (nSPS) is 44.3. The monoisotopic (exact) mass is 319 g/mol. The van der Waals surface area contributed by atoms with E-state index in [-0.39, 0.29) is 16.5 Å². The van der Waals surface area contributed by atoms with Gasteiger partial charge < -0.3 is 10.6 Å². The van der Waals surface area contributed by atoms with Gasteiger partial charge in [0, 0.05) is 24.3 Å². The van der Waals surface area contributed by atoms with E-state index in [9.17, 15) is 4.79 Å². The first-order chi connectivity index (χ1) is 10.6. The second-order valence-corrected chi connectivity index (χ2v) is 10.9. The van der Waals surface area contributed by atoms with Gasteiger partial charge in [0.2, 0.25) is 5.91 Å². The number of carbonyl (C=O) groups is 1. The second kappa shape index (κ2) is 4.97. The minimum atomic E-state index is 0.00416. The molecule has 0 spiro atoms. The number of nitrogens with two attached hydrogens (primary N) is 1. The van der Waals surface area contributed by atoms with Gasteiger partial charge in [0.05, 0.1) is 11.1 Å². The maximum atomic E-state index is 13.3. The molecule has 1 saturated heterocycles. The zero-order chi connectivity index (χ0) is 16.5. The largest absolute Gasteiger partial charge is 0.352 e. The molecule has 130 valence electrons. The number of hydrogen-bond donors (Lipinski definition) is 2. The van der Waals surface area contributed by atoms with E-state index in [2.05, 4.69) is 38.3 Å². The number of carbonyl (C=O) groups excluding carboxylic acids is 1. The van der Waals surface area contributed by atoms with E-state index < -0.39 is 0 Å². The van der Waals surface area contributed by atoms with Crippen LogP contribution in [0.3, 0.4) is 0 Å². The Hall–Kier alpha value is -0.570. The summed E-state index contributed by atoms with van der Waals surface area (Å²) in [6.07, 6.45) is 9.94. The second-order valence-electron chi connectivity index (χ2n) is 10.9. The molecule has 4 saturated carbocycles. The highest BCUT2D eigenvalue weighted by molar-refractivity contribution is 5.83. The maximum Gasteiger partial charge on any atom is 0.226 e. The molecular formula is C20H35N2O+. The summed E-state index contributed by atoms with van der Waals surface area (Å²) in [5.41, 5.74) is 0.451. The minimum absolute atomic E-state index is 0.00416. The van der Waals surface area contributed by atoms with Gasteiger partial charge in [-0.2, -0.15) is 0 Å². The predicted octanol–water partition coefficient (Wildman–Crippen LogP) is 2.60. The van der Waals surface area contributed by atoms with Crippen LogP contribution in [0.4, 0.5) is 0 Å². The molecule has 5 aliphatic rings. The minimum Gasteiger partial charge on any atom is -0.352 e. The van der Waals surface area contributed by atoms with Gasteiger partial charge in [-0.15, -0.1) is 0 Å². The lowest BCUT2D eigenvalue weighted by Gasteiger charge is -2.56. The van der Waals surface area contributed by atoms with Crippen molar-refractivity contribution in [2.24, 2.45) is 23.2 Å². The Labute approximate surface area is 141 Å². The van der Waals surface area contributed by atoms with E-state index >= 15 is 0 Å². The van der Waals surface area contributed by atoms with Crippen LogP contribution in [0.25, 0.3) is 0 Å². The van der Waals surface area contributed by atoms with Gasteiger partial charge in [0.1, 0.15) is 0 Å². The first-order valence-electron chi connectivity index (χ1n) is 9.83. The maximum absolute atomic E-state index is 13.3. The molecule has 3 N–H and O–H groups in total. The fourth-order valence-corrected chi connectivity index (χ4v) is 7.35. The van der Waals surface area contributed by atoms with Gasteiger partial charge in [-0.3, -0.25) is 4.79 Å². The topological polar surface area (TPSA) is 45.7 Å². The van der Waals surface area contributed by atoms with Crippen LogP contribution in [-0.2, 0) is 4.79 Å². The van der Waals surface area contributed by atoms with Crippen molar-refractivity contribution in [1.29, 1.82) is 0 Å². The highest BCUT2D eigenvalue weighted by atomic mass is 16.2. The number of quaternary nitrogens is 1. The molecule has 4 aliphatic carbocycles. The van der Waals surface area contributed by atoms with Crippen molar-refractivity contribution in [3.05, 3.63) is 0 Å². The van der Waals surface area contributed by atoms with Crippen molar-refractivity contribution in [3.63, 3.8) is 0 Å². The van der Waals surface area contributed by atoms with Crippen molar-refractivity contribution in [1.82, 2.24) is 5.32 Å². The first-order valence-corrected chi connectivity index (χ1v) is 9.83. The smallest absolute Gasteiger partial charge is 0.226 e. The summed E-state index contributed by atoms with van der Waals surface area (Å²) < 4.78 is 0. The average molecular weight is 320 g/mol. The molecule has 1 heterocycles. The van der Waals surface area contributed by atoms with Gasteiger partial charge >= 0.3 is 0 Å². The lowest BCUT2D eigenvalue weighted by Crippen LogP contribution is -3.06. The van der Waals surface area contributed by atoms with Crippen molar-refractivity contribution in [2.75, 3.05) is 0 Å². The van der Waals surface area contributed by atoms with E-state index in [0.29, 0.717) is 11.9 Å². The molecule has 0 atom stereocenters. The number of rotatable bonds is 2. The van der Waals surface area contributed by atoms with E-state index in [0.717, 1.165) is 30.6 Å². The van der Waals surface area contributed by atoms with Crippen molar-refractivity contribution in [2.45, 2.75) is 96.2 Å². The van der Waals surface area contributed by atoms with E-state index in [4.69, 9.17) is 0 Å². The Kier molecular flexibility index (Phi) is 3.44. The van der Waals surface area contributed by atoms with Crippen LogP contribution in [0.5, 0.6) is 0 Å². The van der Waals surface area contributed by atoms with Crippen molar-refractivity contribution in [3.8, 4) is 0 Å². The average Bonchev–Trinajstić information content (AvgIpc) is 2.32. The lowest BCUT2D eigenvalue weighted by atomic mass is 9.49. The molecule has 0 unspecified atom stereocenters. The third-order valence-corrected chi connectivity index (χ3v) is 7.18. The number of hydrogen-bond acceptors (Lipinski definition) is 1. The van der Waals surface area contributed by atoms with Crippen molar-refractivity contribution >= 4 is 5.91 Å². The van der Waals surface area contributed by atoms with Crippen LogP contribution in [0.15, 0.2) is 0 Å². The van der Waals surface area contributed by atoms with Crippen LogP contribution in [0.2, 0.25) is 0 Å². The highest BCUT2D eigenvalue weighted by Gasteiger charge is 2.55. The molecule has 0 aromatic carbocycles. The van der Waals surface area contributed by atoms with E-state index in [1.807, 2.05) is 0 Å². The van der Waals surface area contributed by atoms with Crippen LogP contribution in [0, 0.1) is 23.2 Å². The van der Waals surface area contributed by atoms with Crippen LogP contribution < -0.4 is 10.6 Å². The highest BCUT2D eigenvalue weighted by Crippen LogP contribution is 2.60. The first kappa shape index (κ1) is 15.9. The predicted molar refractivity (Wildman–Crippen MR) is 91.9 cm³/mol. The Morgan fingerprint density at radius 1 is 0.826 bits per heavy atom. The Bertz CT molecular complexity index is 456. The summed E-state index contributed by atoms with van der Waals surface area (Å²) in [7, 11) is 0. The molecule has 0 aromatic rings. The van der Waals surface area contributed by atoms with Crippen LogP contribution in [0.1, 0.15) is 79.1 Å². The Balaban J connectivity index is 1.48. The van der Waals surface area contributed by atoms with Gasteiger partial charge in [-0.1, -0.05) is 0 Å². The zero-order valence-electron chi connectivity index (χ0n) is 15.5. The number of nitrogens with one attached hydrogen (secondary N) is 1. The van der Waals surface area contributed by atoms with Crippen molar-refractivity contribution < 1.29 is 10.1 Å². The fraction of sp³-hybridized carbons (Fsp3) is 0.950. The van der Waals surface area contributed by atoms with Gasteiger partial charge in [-0.05, 0) is 84.0 Å². The fourth-order valence-electron chi connectivity index (χ4n) is 7.35. The summed E-state index contributed by atoms with van der Waals surface area (Å²) >= 11 is 0. The molecule has 1 amide bonds. The Morgan fingerprint density at radius 3 is 1.70 bits per heavy atom. The molecular weight excluding hydrogens is 284 g/mol. The van der Waals surface area contributed by atoms with Crippen LogP contribution in [-0.4, -0.2) is 23.0 Å². The molecule has 23 heavy (non-hydrogen) atoms. The number of amides is 1. The molecule has 0 aromatic heterocycles. The Morgan fingerprint density at radius 2 is 1.26 bits per heavy atom. The van der Waals surface area contributed by atoms with E-state index in [1.165, 1.54) is 38.5 Å². The van der Waals surface area contributed by atoms with Crippen LogP contribution >= 0.6 is 0 Å². The third kappa shape index (κ3) is 2.94. The summed E-state index contributed by atoms with van der Waals surface area (Å²) in [5.74, 6) is 2.95. The molecule has 5 fully saturated rings. The summed E-state index contributed by atoms with van der Waals surface area (Å²) in [6, 6.07) is 0.352. The lowest BCUT2D eigenvalue weighted by molar-refractivity contribution is -0.788. The molecule has 5 rings (SSSR count). The summed E-state index contributed by atoms with van der Waals surface area (Å²) in [6.45, 7) is 9.27. The molecule has 3 nitrogen and oxygen atoms in total.